The Kier molecular flexibility index (Phi) is 5.98. The second kappa shape index (κ2) is 8.40. The van der Waals surface area contributed by atoms with Gasteiger partial charge in [-0.3, -0.25) is 14.4 Å². The van der Waals surface area contributed by atoms with E-state index in [0.717, 1.165) is 19.6 Å². The number of piperidine rings is 1. The highest BCUT2D eigenvalue weighted by Crippen LogP contribution is 2.18. The molecule has 1 amide bonds. The number of alkyl halides is 2. The fraction of sp³-hybridized carbons (Fsp3) is 0.474. The largest absolute Gasteiger partial charge is 0.324 e. The van der Waals surface area contributed by atoms with E-state index in [4.69, 9.17) is 0 Å². The van der Waals surface area contributed by atoms with Crippen molar-refractivity contribution < 1.29 is 13.6 Å². The molecule has 0 radical (unpaired) electrons. The van der Waals surface area contributed by atoms with Crippen molar-refractivity contribution in [3.63, 3.8) is 0 Å². The van der Waals surface area contributed by atoms with E-state index in [2.05, 4.69) is 15.3 Å². The number of nitrogens with one attached hydrogen (secondary N) is 1. The van der Waals surface area contributed by atoms with E-state index >= 15 is 0 Å². The van der Waals surface area contributed by atoms with Crippen LogP contribution in [0.15, 0.2) is 30.3 Å². The van der Waals surface area contributed by atoms with Gasteiger partial charge in [-0.2, -0.15) is 5.10 Å². The van der Waals surface area contributed by atoms with Gasteiger partial charge in [-0.1, -0.05) is 18.6 Å². The van der Waals surface area contributed by atoms with Crippen LogP contribution in [0.3, 0.4) is 0 Å². The number of rotatable bonds is 6. The van der Waals surface area contributed by atoms with Crippen LogP contribution >= 0.6 is 0 Å². The lowest BCUT2D eigenvalue weighted by Gasteiger charge is -2.26. The molecule has 1 aromatic carbocycles. The third-order valence-corrected chi connectivity index (χ3v) is 4.61. The first kappa shape index (κ1) is 18.5. The second-order valence-electron chi connectivity index (χ2n) is 6.75. The summed E-state index contributed by atoms with van der Waals surface area (Å²) in [4.78, 5) is 14.6. The van der Waals surface area contributed by atoms with Crippen LogP contribution in [-0.4, -0.2) is 33.7 Å². The number of nitrogens with zero attached hydrogens (tertiary/aromatic N) is 3. The van der Waals surface area contributed by atoms with Crippen molar-refractivity contribution >= 4 is 11.6 Å². The molecule has 1 fully saturated rings. The summed E-state index contributed by atoms with van der Waals surface area (Å²) in [5.41, 5.74) is 2.13. The Hall–Kier alpha value is -2.28. The van der Waals surface area contributed by atoms with Crippen LogP contribution in [-0.2, 0) is 17.9 Å². The van der Waals surface area contributed by atoms with Gasteiger partial charge in [-0.25, -0.2) is 8.78 Å². The number of aryl methyl sites for hydroxylation is 1. The average molecular weight is 362 g/mol. The minimum atomic E-state index is -2.63. The van der Waals surface area contributed by atoms with Crippen LogP contribution in [0, 0.1) is 6.92 Å². The molecule has 0 saturated carbocycles. The van der Waals surface area contributed by atoms with Gasteiger partial charge in [-0.15, -0.1) is 0 Å². The van der Waals surface area contributed by atoms with Crippen LogP contribution in [0.5, 0.6) is 0 Å². The molecule has 2 heterocycles. The van der Waals surface area contributed by atoms with E-state index in [1.54, 1.807) is 6.92 Å². The molecular weight excluding hydrogens is 338 g/mol. The van der Waals surface area contributed by atoms with E-state index < -0.39 is 6.43 Å². The first-order chi connectivity index (χ1) is 12.5. The van der Waals surface area contributed by atoms with Crippen LogP contribution in [0.4, 0.5) is 14.5 Å². The van der Waals surface area contributed by atoms with Gasteiger partial charge in [0.2, 0.25) is 5.91 Å². The van der Waals surface area contributed by atoms with Crippen molar-refractivity contribution in [1.29, 1.82) is 0 Å². The lowest BCUT2D eigenvalue weighted by atomic mass is 10.1. The molecule has 1 aliphatic rings. The molecule has 0 aliphatic carbocycles. The first-order valence-electron chi connectivity index (χ1n) is 8.95. The van der Waals surface area contributed by atoms with Gasteiger partial charge in [0, 0.05) is 17.9 Å². The molecule has 0 unspecified atom stereocenters. The Labute approximate surface area is 152 Å². The van der Waals surface area contributed by atoms with Gasteiger partial charge in [0.25, 0.3) is 6.43 Å². The van der Waals surface area contributed by atoms with Crippen molar-refractivity contribution in [3.8, 4) is 0 Å². The first-order valence-corrected chi connectivity index (χ1v) is 8.95. The molecule has 1 aliphatic heterocycles. The zero-order valence-corrected chi connectivity index (χ0v) is 14.9. The van der Waals surface area contributed by atoms with Crippen LogP contribution < -0.4 is 5.32 Å². The number of carbonyl (C=O) groups excluding carboxylic acids is 1. The van der Waals surface area contributed by atoms with Crippen molar-refractivity contribution in [2.45, 2.75) is 45.7 Å². The highest BCUT2D eigenvalue weighted by molar-refractivity contribution is 5.90. The molecule has 2 aromatic rings. The monoisotopic (exact) mass is 362 g/mol. The highest BCUT2D eigenvalue weighted by atomic mass is 19.3. The predicted octanol–water partition coefficient (Wildman–Crippen LogP) is 3.75. The van der Waals surface area contributed by atoms with Gasteiger partial charge >= 0.3 is 0 Å². The summed E-state index contributed by atoms with van der Waals surface area (Å²) in [6.45, 7) is 4.78. The van der Waals surface area contributed by atoms with Gasteiger partial charge in [0.05, 0.1) is 0 Å². The minimum Gasteiger partial charge on any atom is -0.324 e. The normalized spacial score (nSPS) is 15.4. The molecule has 3 rings (SSSR count). The number of benzene rings is 1. The standard InChI is InChI=1S/C19H24F2N4O/c1-14-11-17(19(20)21)23-25(14)13-18(26)22-16-7-5-15(6-8-16)12-24-9-3-2-4-10-24/h5-8,11,19H,2-4,9-10,12-13H2,1H3,(H,22,26). The number of likely N-dealkylation sites (tertiary alicyclic amines) is 1. The maximum absolute atomic E-state index is 12.7. The molecule has 1 N–H and O–H groups in total. The third-order valence-electron chi connectivity index (χ3n) is 4.61. The molecule has 1 aromatic heterocycles. The number of hydrogen-bond acceptors (Lipinski definition) is 3. The summed E-state index contributed by atoms with van der Waals surface area (Å²) in [6.07, 6.45) is 1.20. The van der Waals surface area contributed by atoms with Crippen LogP contribution in [0.25, 0.3) is 0 Å². The Morgan fingerprint density at radius 3 is 2.50 bits per heavy atom. The zero-order chi connectivity index (χ0) is 18.5. The molecular formula is C19H24F2N4O. The summed E-state index contributed by atoms with van der Waals surface area (Å²) in [5, 5.41) is 6.56. The predicted molar refractivity (Wildman–Crippen MR) is 96.1 cm³/mol. The van der Waals surface area contributed by atoms with Gasteiger partial charge in [0.1, 0.15) is 12.2 Å². The van der Waals surface area contributed by atoms with Crippen molar-refractivity contribution in [3.05, 3.63) is 47.3 Å². The van der Waals surface area contributed by atoms with E-state index in [9.17, 15) is 13.6 Å². The maximum atomic E-state index is 12.7. The number of halogens is 2. The second-order valence-corrected chi connectivity index (χ2v) is 6.75. The number of anilines is 1. The number of carbonyl (C=O) groups is 1. The van der Waals surface area contributed by atoms with Crippen molar-refractivity contribution in [2.24, 2.45) is 0 Å². The quantitative estimate of drug-likeness (QED) is 0.851. The van der Waals surface area contributed by atoms with E-state index in [-0.39, 0.29) is 18.1 Å². The molecule has 140 valence electrons. The summed E-state index contributed by atoms with van der Waals surface area (Å²) in [7, 11) is 0. The van der Waals surface area contributed by atoms with E-state index in [1.165, 1.54) is 35.6 Å². The molecule has 7 heteroatoms. The van der Waals surface area contributed by atoms with E-state index in [0.29, 0.717) is 11.4 Å². The fourth-order valence-corrected chi connectivity index (χ4v) is 3.21. The fourth-order valence-electron chi connectivity index (χ4n) is 3.21. The van der Waals surface area contributed by atoms with Crippen LogP contribution in [0.1, 0.15) is 42.6 Å². The summed E-state index contributed by atoms with van der Waals surface area (Å²) in [6, 6.07) is 9.07. The Bertz CT molecular complexity index is 736. The third kappa shape index (κ3) is 4.88. The Morgan fingerprint density at radius 1 is 1.19 bits per heavy atom. The summed E-state index contributed by atoms with van der Waals surface area (Å²) >= 11 is 0. The van der Waals surface area contributed by atoms with Crippen LogP contribution in [0.2, 0.25) is 0 Å². The van der Waals surface area contributed by atoms with Gasteiger partial charge in [0.15, 0.2) is 0 Å². The van der Waals surface area contributed by atoms with Gasteiger partial charge in [-0.05, 0) is 56.6 Å². The average Bonchev–Trinajstić information content (AvgIpc) is 2.98. The Balaban J connectivity index is 1.54. The summed E-state index contributed by atoms with van der Waals surface area (Å²) < 4.78 is 26.6. The molecule has 0 bridgehead atoms. The SMILES string of the molecule is Cc1cc(C(F)F)nn1CC(=O)Nc1ccc(CN2CCCCC2)cc1. The lowest BCUT2D eigenvalue weighted by Crippen LogP contribution is -2.29. The van der Waals surface area contributed by atoms with Crippen molar-refractivity contribution in [1.82, 2.24) is 14.7 Å². The highest BCUT2D eigenvalue weighted by Gasteiger charge is 2.15. The minimum absolute atomic E-state index is 0.0892. The topological polar surface area (TPSA) is 50.2 Å². The lowest BCUT2D eigenvalue weighted by molar-refractivity contribution is -0.117. The molecule has 0 atom stereocenters. The molecule has 0 spiro atoms. The maximum Gasteiger partial charge on any atom is 0.282 e. The number of hydrogen-bond donors (Lipinski definition) is 1. The van der Waals surface area contributed by atoms with Crippen molar-refractivity contribution in [2.75, 3.05) is 18.4 Å². The van der Waals surface area contributed by atoms with E-state index in [1.807, 2.05) is 24.3 Å². The molecule has 26 heavy (non-hydrogen) atoms. The van der Waals surface area contributed by atoms with Gasteiger partial charge < -0.3 is 5.32 Å². The Morgan fingerprint density at radius 2 is 1.88 bits per heavy atom. The molecule has 5 nitrogen and oxygen atoms in total. The number of amides is 1. The molecule has 1 saturated heterocycles. The summed E-state index contributed by atoms with van der Waals surface area (Å²) in [5.74, 6) is -0.291. The smallest absolute Gasteiger partial charge is 0.282 e. The zero-order valence-electron chi connectivity index (χ0n) is 14.9. The number of aromatic nitrogens is 2.